The molecule has 0 aliphatic carbocycles. The molecular weight excluding hydrogens is 276 g/mol. The van der Waals surface area contributed by atoms with Crippen LogP contribution in [0.15, 0.2) is 52.3 Å². The summed E-state index contributed by atoms with van der Waals surface area (Å²) in [5.74, 6) is -0.486. The first-order valence-electron chi connectivity index (χ1n) is 6.50. The maximum absolute atomic E-state index is 14.0. The molecule has 0 atom stereocenters. The number of halogens is 2. The molecule has 2 aromatic rings. The summed E-state index contributed by atoms with van der Waals surface area (Å²) in [5.41, 5.74) is 0.649. The minimum atomic E-state index is -0.268. The Labute approximate surface area is 122 Å². The highest BCUT2D eigenvalue weighted by atomic mass is 32.2. The van der Waals surface area contributed by atoms with Crippen LogP contribution in [0, 0.1) is 11.6 Å². The number of rotatable bonds is 5. The average molecular weight is 293 g/mol. The predicted octanol–water partition coefficient (Wildman–Crippen LogP) is 4.61. The van der Waals surface area contributed by atoms with Crippen LogP contribution in [0.3, 0.4) is 0 Å². The molecule has 106 valence electrons. The fraction of sp³-hybridized carbons (Fsp3) is 0.250. The van der Waals surface area contributed by atoms with E-state index in [1.165, 1.54) is 30.0 Å². The molecule has 1 N–H and O–H groups in total. The average Bonchev–Trinajstić information content (AvgIpc) is 2.40. The highest BCUT2D eigenvalue weighted by Crippen LogP contribution is 2.31. The van der Waals surface area contributed by atoms with Gasteiger partial charge in [0.15, 0.2) is 0 Å². The minimum absolute atomic E-state index is 0.217. The third kappa shape index (κ3) is 4.05. The molecule has 0 saturated heterocycles. The maximum Gasteiger partial charge on any atom is 0.128 e. The van der Waals surface area contributed by atoms with E-state index in [4.69, 9.17) is 0 Å². The minimum Gasteiger partial charge on any atom is -0.310 e. The topological polar surface area (TPSA) is 12.0 Å². The van der Waals surface area contributed by atoms with E-state index in [0.29, 0.717) is 18.2 Å². The van der Waals surface area contributed by atoms with Crippen molar-refractivity contribution in [1.82, 2.24) is 5.32 Å². The van der Waals surface area contributed by atoms with Crippen molar-refractivity contribution in [3.63, 3.8) is 0 Å². The lowest BCUT2D eigenvalue weighted by Gasteiger charge is -2.13. The summed E-state index contributed by atoms with van der Waals surface area (Å²) >= 11 is 1.44. The molecule has 0 aliphatic rings. The van der Waals surface area contributed by atoms with Crippen molar-refractivity contribution in [1.29, 1.82) is 0 Å². The monoisotopic (exact) mass is 293 g/mol. The summed E-state index contributed by atoms with van der Waals surface area (Å²) in [5, 5.41) is 3.22. The molecule has 0 unspecified atom stereocenters. The Bertz CT molecular complexity index is 567. The first kappa shape index (κ1) is 15.0. The molecule has 0 fully saturated rings. The zero-order chi connectivity index (χ0) is 14.5. The SMILES string of the molecule is CC(C)NCc1c(F)cccc1Sc1ccc(F)cc1. The van der Waals surface area contributed by atoms with E-state index in [0.717, 1.165) is 9.79 Å². The van der Waals surface area contributed by atoms with Gasteiger partial charge < -0.3 is 5.32 Å². The van der Waals surface area contributed by atoms with Gasteiger partial charge in [0.25, 0.3) is 0 Å². The predicted molar refractivity (Wildman–Crippen MR) is 78.9 cm³/mol. The normalized spacial score (nSPS) is 11.1. The van der Waals surface area contributed by atoms with Gasteiger partial charge in [0, 0.05) is 27.9 Å². The molecule has 0 heterocycles. The van der Waals surface area contributed by atoms with Crippen LogP contribution in [-0.2, 0) is 6.54 Å². The van der Waals surface area contributed by atoms with E-state index in [-0.39, 0.29) is 11.6 Å². The molecule has 0 radical (unpaired) electrons. The van der Waals surface area contributed by atoms with Crippen molar-refractivity contribution >= 4 is 11.8 Å². The Morgan fingerprint density at radius 2 is 1.75 bits per heavy atom. The van der Waals surface area contributed by atoms with Gasteiger partial charge in [0.05, 0.1) is 0 Å². The van der Waals surface area contributed by atoms with E-state index < -0.39 is 0 Å². The molecular formula is C16H17F2NS. The number of hydrogen-bond donors (Lipinski definition) is 1. The van der Waals surface area contributed by atoms with E-state index >= 15 is 0 Å². The van der Waals surface area contributed by atoms with Crippen molar-refractivity contribution in [3.8, 4) is 0 Å². The molecule has 0 aliphatic heterocycles. The lowest BCUT2D eigenvalue weighted by molar-refractivity contribution is 0.546. The van der Waals surface area contributed by atoms with Crippen LogP contribution >= 0.6 is 11.8 Å². The zero-order valence-corrected chi connectivity index (χ0v) is 12.3. The largest absolute Gasteiger partial charge is 0.310 e. The quantitative estimate of drug-likeness (QED) is 0.863. The Balaban J connectivity index is 2.22. The van der Waals surface area contributed by atoms with Gasteiger partial charge in [-0.2, -0.15) is 0 Å². The summed E-state index contributed by atoms with van der Waals surface area (Å²) < 4.78 is 26.9. The fourth-order valence-corrected chi connectivity index (χ4v) is 2.71. The molecule has 0 spiro atoms. The lowest BCUT2D eigenvalue weighted by atomic mass is 10.2. The number of hydrogen-bond acceptors (Lipinski definition) is 2. The van der Waals surface area contributed by atoms with E-state index in [9.17, 15) is 8.78 Å². The molecule has 20 heavy (non-hydrogen) atoms. The van der Waals surface area contributed by atoms with Crippen molar-refractivity contribution in [3.05, 3.63) is 59.7 Å². The van der Waals surface area contributed by atoms with Crippen LogP contribution in [0.4, 0.5) is 8.78 Å². The molecule has 1 nitrogen and oxygen atoms in total. The second kappa shape index (κ2) is 6.86. The van der Waals surface area contributed by atoms with E-state index in [1.807, 2.05) is 19.9 Å². The number of nitrogens with one attached hydrogen (secondary N) is 1. The first-order valence-corrected chi connectivity index (χ1v) is 7.32. The summed E-state index contributed by atoms with van der Waals surface area (Å²) in [7, 11) is 0. The van der Waals surface area contributed by atoms with Crippen LogP contribution < -0.4 is 5.32 Å². The third-order valence-corrected chi connectivity index (χ3v) is 3.91. The van der Waals surface area contributed by atoms with Crippen molar-refractivity contribution < 1.29 is 8.78 Å². The van der Waals surface area contributed by atoms with Crippen molar-refractivity contribution in [2.45, 2.75) is 36.2 Å². The Morgan fingerprint density at radius 3 is 2.40 bits per heavy atom. The van der Waals surface area contributed by atoms with Crippen LogP contribution in [0.25, 0.3) is 0 Å². The van der Waals surface area contributed by atoms with Gasteiger partial charge in [0.1, 0.15) is 11.6 Å². The van der Waals surface area contributed by atoms with Crippen LogP contribution in [-0.4, -0.2) is 6.04 Å². The van der Waals surface area contributed by atoms with Gasteiger partial charge in [-0.15, -0.1) is 0 Å². The van der Waals surface area contributed by atoms with E-state index in [1.54, 1.807) is 18.2 Å². The lowest BCUT2D eigenvalue weighted by Crippen LogP contribution is -2.22. The van der Waals surface area contributed by atoms with E-state index in [2.05, 4.69) is 5.32 Å². The highest BCUT2D eigenvalue weighted by molar-refractivity contribution is 7.99. The third-order valence-electron chi connectivity index (χ3n) is 2.80. The van der Waals surface area contributed by atoms with Gasteiger partial charge in [0.2, 0.25) is 0 Å². The van der Waals surface area contributed by atoms with Gasteiger partial charge >= 0.3 is 0 Å². The zero-order valence-electron chi connectivity index (χ0n) is 11.5. The summed E-state index contributed by atoms with van der Waals surface area (Å²) in [6.45, 7) is 4.52. The second-order valence-electron chi connectivity index (χ2n) is 4.81. The van der Waals surface area contributed by atoms with Crippen molar-refractivity contribution in [2.75, 3.05) is 0 Å². The molecule has 0 aromatic heterocycles. The molecule has 0 bridgehead atoms. The van der Waals surface area contributed by atoms with Gasteiger partial charge in [-0.3, -0.25) is 0 Å². The second-order valence-corrected chi connectivity index (χ2v) is 5.92. The van der Waals surface area contributed by atoms with Crippen molar-refractivity contribution in [2.24, 2.45) is 0 Å². The van der Waals surface area contributed by atoms with Crippen LogP contribution in [0.5, 0.6) is 0 Å². The van der Waals surface area contributed by atoms with Crippen LogP contribution in [0.2, 0.25) is 0 Å². The maximum atomic E-state index is 14.0. The molecule has 2 rings (SSSR count). The fourth-order valence-electron chi connectivity index (χ4n) is 1.74. The van der Waals surface area contributed by atoms with Crippen LogP contribution in [0.1, 0.15) is 19.4 Å². The Morgan fingerprint density at radius 1 is 1.05 bits per heavy atom. The summed E-state index contributed by atoms with van der Waals surface area (Å²) in [6, 6.07) is 11.6. The molecule has 0 saturated carbocycles. The smallest absolute Gasteiger partial charge is 0.128 e. The molecule has 2 aromatic carbocycles. The number of benzene rings is 2. The standard InChI is InChI=1S/C16H17F2NS/c1-11(2)19-10-14-15(18)4-3-5-16(14)20-13-8-6-12(17)7-9-13/h3-9,11,19H,10H2,1-2H3. The summed E-state index contributed by atoms with van der Waals surface area (Å²) in [4.78, 5) is 1.74. The first-order chi connectivity index (χ1) is 9.56. The van der Waals surface area contributed by atoms with Gasteiger partial charge in [-0.1, -0.05) is 31.7 Å². The molecule has 4 heteroatoms. The Kier molecular flexibility index (Phi) is 5.15. The summed E-state index contributed by atoms with van der Waals surface area (Å²) in [6.07, 6.45) is 0. The Hall–Kier alpha value is -1.39. The van der Waals surface area contributed by atoms with Gasteiger partial charge in [-0.25, -0.2) is 8.78 Å². The van der Waals surface area contributed by atoms with Gasteiger partial charge in [-0.05, 0) is 36.4 Å². The molecule has 0 amide bonds. The highest BCUT2D eigenvalue weighted by Gasteiger charge is 2.10.